The summed E-state index contributed by atoms with van der Waals surface area (Å²) in [5, 5.41) is 0.0625. The van der Waals surface area contributed by atoms with Crippen LogP contribution in [-0.2, 0) is 9.84 Å². The predicted molar refractivity (Wildman–Crippen MR) is 95.7 cm³/mol. The molecular weight excluding hydrogens is 328 g/mol. The first-order valence-electron chi connectivity index (χ1n) is 7.54. The molecule has 0 saturated carbocycles. The molecule has 23 heavy (non-hydrogen) atoms. The van der Waals surface area contributed by atoms with Gasteiger partial charge in [-0.2, -0.15) is 0 Å². The Morgan fingerprint density at radius 1 is 1.00 bits per heavy atom. The predicted octanol–water partition coefficient (Wildman–Crippen LogP) is 3.46. The Hall–Kier alpha value is -1.59. The SMILES string of the molecule is O=C(CS[C@@H]1CCS(=O)(=O)C1)c1ccc(-c2ccccc2)cc1. The third-order valence-electron chi connectivity index (χ3n) is 3.95. The van der Waals surface area contributed by atoms with Gasteiger partial charge < -0.3 is 0 Å². The lowest BCUT2D eigenvalue weighted by atomic mass is 10.0. The summed E-state index contributed by atoms with van der Waals surface area (Å²) in [6, 6.07) is 17.6. The Labute approximate surface area is 141 Å². The van der Waals surface area contributed by atoms with Crippen molar-refractivity contribution in [3.05, 3.63) is 60.2 Å². The molecule has 1 atom stereocenters. The smallest absolute Gasteiger partial charge is 0.172 e. The fraction of sp³-hybridized carbons (Fsp3) is 0.278. The van der Waals surface area contributed by atoms with Crippen LogP contribution < -0.4 is 0 Å². The van der Waals surface area contributed by atoms with Crippen molar-refractivity contribution in [3.8, 4) is 11.1 Å². The van der Waals surface area contributed by atoms with E-state index >= 15 is 0 Å². The number of ketones is 1. The van der Waals surface area contributed by atoms with E-state index < -0.39 is 9.84 Å². The minimum atomic E-state index is -2.88. The van der Waals surface area contributed by atoms with Gasteiger partial charge in [-0.25, -0.2) is 8.42 Å². The van der Waals surface area contributed by atoms with Crippen LogP contribution in [0.5, 0.6) is 0 Å². The summed E-state index contributed by atoms with van der Waals surface area (Å²) < 4.78 is 22.9. The number of carbonyl (C=O) groups excluding carboxylic acids is 1. The average Bonchev–Trinajstić information content (AvgIpc) is 2.93. The molecule has 1 aliphatic heterocycles. The van der Waals surface area contributed by atoms with Crippen molar-refractivity contribution in [3.63, 3.8) is 0 Å². The topological polar surface area (TPSA) is 51.2 Å². The van der Waals surface area contributed by atoms with Gasteiger partial charge in [-0.15, -0.1) is 11.8 Å². The Morgan fingerprint density at radius 3 is 2.26 bits per heavy atom. The number of hydrogen-bond donors (Lipinski definition) is 0. The lowest BCUT2D eigenvalue weighted by molar-refractivity contribution is 0.102. The second-order valence-electron chi connectivity index (χ2n) is 5.70. The molecule has 3 nitrogen and oxygen atoms in total. The van der Waals surface area contributed by atoms with Crippen molar-refractivity contribution >= 4 is 27.4 Å². The minimum Gasteiger partial charge on any atom is -0.293 e. The first-order valence-corrected chi connectivity index (χ1v) is 10.4. The van der Waals surface area contributed by atoms with Crippen LogP contribution in [0.15, 0.2) is 54.6 Å². The summed E-state index contributed by atoms with van der Waals surface area (Å²) in [6.07, 6.45) is 0.660. The maximum absolute atomic E-state index is 12.2. The number of carbonyl (C=O) groups is 1. The summed E-state index contributed by atoms with van der Waals surface area (Å²) >= 11 is 1.46. The lowest BCUT2D eigenvalue weighted by Gasteiger charge is -2.07. The third-order valence-corrected chi connectivity index (χ3v) is 7.24. The zero-order chi connectivity index (χ0) is 16.3. The molecule has 0 unspecified atom stereocenters. The summed E-state index contributed by atoms with van der Waals surface area (Å²) in [5.74, 6) is 0.854. The van der Waals surface area contributed by atoms with E-state index in [4.69, 9.17) is 0 Å². The van der Waals surface area contributed by atoms with Gasteiger partial charge in [-0.05, 0) is 17.5 Å². The molecule has 2 aromatic carbocycles. The van der Waals surface area contributed by atoms with Crippen molar-refractivity contribution < 1.29 is 13.2 Å². The van der Waals surface area contributed by atoms with Gasteiger partial charge in [0.15, 0.2) is 15.6 Å². The van der Waals surface area contributed by atoms with E-state index in [-0.39, 0.29) is 22.5 Å². The second-order valence-corrected chi connectivity index (χ2v) is 9.22. The van der Waals surface area contributed by atoms with Crippen LogP contribution in [0, 0.1) is 0 Å². The van der Waals surface area contributed by atoms with Crippen molar-refractivity contribution in [2.24, 2.45) is 0 Å². The molecule has 1 heterocycles. The summed E-state index contributed by atoms with van der Waals surface area (Å²) in [4.78, 5) is 12.2. The molecule has 2 aromatic rings. The molecule has 0 radical (unpaired) electrons. The highest BCUT2D eigenvalue weighted by molar-refractivity contribution is 8.02. The van der Waals surface area contributed by atoms with Gasteiger partial charge in [0.05, 0.1) is 17.3 Å². The zero-order valence-electron chi connectivity index (χ0n) is 12.6. The van der Waals surface area contributed by atoms with Crippen LogP contribution in [0.3, 0.4) is 0 Å². The number of benzene rings is 2. The van der Waals surface area contributed by atoms with E-state index in [9.17, 15) is 13.2 Å². The third kappa shape index (κ3) is 4.24. The fourth-order valence-corrected chi connectivity index (χ4v) is 6.19. The van der Waals surface area contributed by atoms with Crippen LogP contribution in [0.1, 0.15) is 16.8 Å². The van der Waals surface area contributed by atoms with Crippen LogP contribution in [0.4, 0.5) is 0 Å². The van der Waals surface area contributed by atoms with E-state index in [1.807, 2.05) is 54.6 Å². The van der Waals surface area contributed by atoms with E-state index in [1.165, 1.54) is 11.8 Å². The van der Waals surface area contributed by atoms with Crippen molar-refractivity contribution in [2.45, 2.75) is 11.7 Å². The van der Waals surface area contributed by atoms with Crippen LogP contribution in [0.25, 0.3) is 11.1 Å². The number of hydrogen-bond acceptors (Lipinski definition) is 4. The molecule has 0 amide bonds. The summed E-state index contributed by atoms with van der Waals surface area (Å²) in [7, 11) is -2.88. The number of sulfone groups is 1. The summed E-state index contributed by atoms with van der Waals surface area (Å²) in [5.41, 5.74) is 2.88. The molecule has 5 heteroatoms. The largest absolute Gasteiger partial charge is 0.293 e. The second kappa shape index (κ2) is 6.89. The Kier molecular flexibility index (Phi) is 4.87. The van der Waals surface area contributed by atoms with Gasteiger partial charge >= 0.3 is 0 Å². The number of thioether (sulfide) groups is 1. The maximum atomic E-state index is 12.2. The monoisotopic (exact) mass is 346 g/mol. The molecule has 1 saturated heterocycles. The molecule has 1 aliphatic rings. The van der Waals surface area contributed by atoms with Gasteiger partial charge in [0, 0.05) is 10.8 Å². The number of rotatable bonds is 5. The molecule has 0 bridgehead atoms. The first-order chi connectivity index (χ1) is 11.0. The molecule has 0 spiro atoms. The highest BCUT2D eigenvalue weighted by Crippen LogP contribution is 2.25. The molecular formula is C18H18O3S2. The molecule has 0 N–H and O–H groups in total. The molecule has 3 rings (SSSR count). The Balaban J connectivity index is 1.60. The first kappa shape index (κ1) is 16.3. The average molecular weight is 346 g/mol. The molecule has 0 aromatic heterocycles. The van der Waals surface area contributed by atoms with E-state index in [2.05, 4.69) is 0 Å². The van der Waals surface area contributed by atoms with Gasteiger partial charge in [0.1, 0.15) is 0 Å². The van der Waals surface area contributed by atoms with Crippen molar-refractivity contribution in [2.75, 3.05) is 17.3 Å². The van der Waals surface area contributed by atoms with Crippen LogP contribution >= 0.6 is 11.8 Å². The van der Waals surface area contributed by atoms with Gasteiger partial charge in [-0.1, -0.05) is 54.6 Å². The minimum absolute atomic E-state index is 0.0545. The Morgan fingerprint density at radius 2 is 1.65 bits per heavy atom. The normalized spacial score (nSPS) is 19.6. The van der Waals surface area contributed by atoms with Crippen molar-refractivity contribution in [1.29, 1.82) is 0 Å². The van der Waals surface area contributed by atoms with Crippen LogP contribution in [0.2, 0.25) is 0 Å². The van der Waals surface area contributed by atoms with Crippen LogP contribution in [-0.4, -0.2) is 36.7 Å². The quantitative estimate of drug-likeness (QED) is 0.778. The lowest BCUT2D eigenvalue weighted by Crippen LogP contribution is -2.10. The van der Waals surface area contributed by atoms with Crippen molar-refractivity contribution in [1.82, 2.24) is 0 Å². The fourth-order valence-electron chi connectivity index (χ4n) is 2.65. The van der Waals surface area contributed by atoms with Gasteiger partial charge in [0.25, 0.3) is 0 Å². The summed E-state index contributed by atoms with van der Waals surface area (Å²) in [6.45, 7) is 0. The standard InChI is InChI=1S/C18H18O3S2/c19-18(12-22-17-10-11-23(20,21)13-17)16-8-6-15(7-9-16)14-4-2-1-3-5-14/h1-9,17H,10-13H2/t17-/m1/s1. The van der Waals surface area contributed by atoms with E-state index in [0.29, 0.717) is 17.7 Å². The maximum Gasteiger partial charge on any atom is 0.172 e. The molecule has 0 aliphatic carbocycles. The van der Waals surface area contributed by atoms with E-state index in [1.54, 1.807) is 0 Å². The zero-order valence-corrected chi connectivity index (χ0v) is 14.3. The number of Topliss-reactive ketones (excluding diaryl/α,β-unsaturated/α-hetero) is 1. The molecule has 120 valence electrons. The highest BCUT2D eigenvalue weighted by Gasteiger charge is 2.28. The highest BCUT2D eigenvalue weighted by atomic mass is 32.2. The van der Waals surface area contributed by atoms with Gasteiger partial charge in [-0.3, -0.25) is 4.79 Å². The van der Waals surface area contributed by atoms with Gasteiger partial charge in [0.2, 0.25) is 0 Å². The Bertz CT molecular complexity index is 781. The molecule has 1 fully saturated rings. The van der Waals surface area contributed by atoms with E-state index in [0.717, 1.165) is 11.1 Å².